The Balaban J connectivity index is 1.86. The summed E-state index contributed by atoms with van der Waals surface area (Å²) in [6.45, 7) is 4.63. The molecule has 1 heterocycles. The number of rotatable bonds is 8. The highest BCUT2D eigenvalue weighted by Gasteiger charge is 2.47. The van der Waals surface area contributed by atoms with Crippen molar-refractivity contribution in [2.24, 2.45) is 5.92 Å². The van der Waals surface area contributed by atoms with Crippen LogP contribution in [-0.4, -0.2) is 37.6 Å². The first kappa shape index (κ1) is 26.3. The van der Waals surface area contributed by atoms with E-state index in [0.29, 0.717) is 52.2 Å². The summed E-state index contributed by atoms with van der Waals surface area (Å²) in [5, 5.41) is 20.5. The monoisotopic (exact) mass is 512 g/mol. The largest absolute Gasteiger partial charge is 0.507 e. The molecule has 0 bridgehead atoms. The number of hydrogen-bond donors (Lipinski definition) is 1. The molecular formula is C30H28N2O6. The summed E-state index contributed by atoms with van der Waals surface area (Å²) >= 11 is 0. The number of nitrogens with zero attached hydrogens (tertiary/aromatic N) is 2. The van der Waals surface area contributed by atoms with Crippen LogP contribution in [0.3, 0.4) is 0 Å². The normalized spacial score (nSPS) is 16.4. The second kappa shape index (κ2) is 11.1. The molecular weight excluding hydrogens is 484 g/mol. The molecule has 4 rings (SSSR count). The number of carbonyl (C=O) groups is 2. The fourth-order valence-corrected chi connectivity index (χ4v) is 4.26. The van der Waals surface area contributed by atoms with Gasteiger partial charge < -0.3 is 19.3 Å². The summed E-state index contributed by atoms with van der Waals surface area (Å²) in [4.78, 5) is 28.1. The van der Waals surface area contributed by atoms with Crippen LogP contribution in [0.2, 0.25) is 0 Å². The SMILES string of the molecule is COc1ccc(C2/C(=C(/O)c3ccc(OCC(C)C)cc3)C(=O)C(=O)N2c2ccc(C#N)cc2)cc1OC. The number of anilines is 1. The molecule has 3 aromatic carbocycles. The molecule has 1 unspecified atom stereocenters. The minimum atomic E-state index is -0.959. The van der Waals surface area contributed by atoms with E-state index in [2.05, 4.69) is 0 Å². The van der Waals surface area contributed by atoms with E-state index in [-0.39, 0.29) is 11.3 Å². The summed E-state index contributed by atoms with van der Waals surface area (Å²) in [5.41, 5.74) is 1.65. The number of carbonyl (C=O) groups excluding carboxylic acids is 2. The molecule has 8 nitrogen and oxygen atoms in total. The Morgan fingerprint density at radius 1 is 0.974 bits per heavy atom. The Bertz CT molecular complexity index is 1420. The van der Waals surface area contributed by atoms with Crippen LogP contribution in [0.5, 0.6) is 17.2 Å². The molecule has 1 fully saturated rings. The first-order chi connectivity index (χ1) is 18.3. The molecule has 0 aromatic heterocycles. The zero-order valence-corrected chi connectivity index (χ0v) is 21.6. The number of benzene rings is 3. The summed E-state index contributed by atoms with van der Waals surface area (Å²) in [6.07, 6.45) is 0. The number of nitriles is 1. The standard InChI is InChI=1S/C30H28N2O6/c1-18(2)17-38-23-12-7-20(8-13-23)28(33)26-27(21-9-14-24(36-3)25(15-21)37-4)32(30(35)29(26)34)22-10-5-19(16-31)6-11-22/h5-15,18,27,33H,17H2,1-4H3/b28-26-. The van der Waals surface area contributed by atoms with Crippen LogP contribution < -0.4 is 19.1 Å². The van der Waals surface area contributed by atoms with Crippen molar-refractivity contribution in [1.29, 1.82) is 5.26 Å². The molecule has 3 aromatic rings. The molecule has 1 N–H and O–H groups in total. The molecule has 8 heteroatoms. The third-order valence-corrected chi connectivity index (χ3v) is 6.15. The molecule has 0 spiro atoms. The van der Waals surface area contributed by atoms with E-state index in [1.807, 2.05) is 19.9 Å². The number of aliphatic hydroxyl groups is 1. The fourth-order valence-electron chi connectivity index (χ4n) is 4.26. The highest BCUT2D eigenvalue weighted by molar-refractivity contribution is 6.51. The van der Waals surface area contributed by atoms with Gasteiger partial charge in [-0.15, -0.1) is 0 Å². The van der Waals surface area contributed by atoms with E-state index in [1.54, 1.807) is 66.7 Å². The van der Waals surface area contributed by atoms with Crippen molar-refractivity contribution in [2.45, 2.75) is 19.9 Å². The van der Waals surface area contributed by atoms with Crippen LogP contribution in [0.1, 0.15) is 36.6 Å². The molecule has 1 atom stereocenters. The van der Waals surface area contributed by atoms with Crippen molar-refractivity contribution >= 4 is 23.1 Å². The smallest absolute Gasteiger partial charge is 0.300 e. The molecule has 1 amide bonds. The maximum Gasteiger partial charge on any atom is 0.300 e. The maximum absolute atomic E-state index is 13.4. The van der Waals surface area contributed by atoms with E-state index in [0.717, 1.165) is 0 Å². The van der Waals surface area contributed by atoms with E-state index in [1.165, 1.54) is 19.1 Å². The van der Waals surface area contributed by atoms with Crippen molar-refractivity contribution < 1.29 is 28.9 Å². The average Bonchev–Trinajstić information content (AvgIpc) is 3.21. The Morgan fingerprint density at radius 2 is 1.63 bits per heavy atom. The van der Waals surface area contributed by atoms with Crippen molar-refractivity contribution in [3.05, 3.63) is 89.0 Å². The minimum absolute atomic E-state index is 0.0672. The van der Waals surface area contributed by atoms with E-state index < -0.39 is 17.7 Å². The van der Waals surface area contributed by atoms with Crippen molar-refractivity contribution in [2.75, 3.05) is 25.7 Å². The van der Waals surface area contributed by atoms with Gasteiger partial charge in [-0.3, -0.25) is 14.5 Å². The Morgan fingerprint density at radius 3 is 2.21 bits per heavy atom. The maximum atomic E-state index is 13.4. The number of ether oxygens (including phenoxy) is 3. The highest BCUT2D eigenvalue weighted by atomic mass is 16.5. The van der Waals surface area contributed by atoms with Crippen LogP contribution >= 0.6 is 0 Å². The lowest BCUT2D eigenvalue weighted by Gasteiger charge is -2.26. The number of hydrogen-bond acceptors (Lipinski definition) is 7. The molecule has 0 aliphatic carbocycles. The molecule has 0 radical (unpaired) electrons. The van der Waals surface area contributed by atoms with Gasteiger partial charge in [-0.25, -0.2) is 0 Å². The summed E-state index contributed by atoms with van der Waals surface area (Å²) in [7, 11) is 3.00. The van der Waals surface area contributed by atoms with Crippen LogP contribution in [0.4, 0.5) is 5.69 Å². The van der Waals surface area contributed by atoms with Crippen molar-refractivity contribution in [3.63, 3.8) is 0 Å². The lowest BCUT2D eigenvalue weighted by molar-refractivity contribution is -0.132. The van der Waals surface area contributed by atoms with Crippen LogP contribution in [0, 0.1) is 17.2 Å². The van der Waals surface area contributed by atoms with Gasteiger partial charge in [-0.05, 0) is 72.1 Å². The van der Waals surface area contributed by atoms with Gasteiger partial charge in [0.1, 0.15) is 11.5 Å². The topological polar surface area (TPSA) is 109 Å². The van der Waals surface area contributed by atoms with Crippen LogP contribution in [0.15, 0.2) is 72.3 Å². The van der Waals surface area contributed by atoms with Gasteiger partial charge >= 0.3 is 0 Å². The van der Waals surface area contributed by atoms with E-state index >= 15 is 0 Å². The number of methoxy groups -OCH3 is 2. The third-order valence-electron chi connectivity index (χ3n) is 6.15. The third kappa shape index (κ3) is 5.04. The zero-order chi connectivity index (χ0) is 27.4. The molecule has 0 saturated carbocycles. The fraction of sp³-hybridized carbons (Fsp3) is 0.233. The number of amides is 1. The van der Waals surface area contributed by atoms with Gasteiger partial charge in [0.15, 0.2) is 11.5 Å². The Kier molecular flexibility index (Phi) is 7.68. The quantitative estimate of drug-likeness (QED) is 0.250. The zero-order valence-electron chi connectivity index (χ0n) is 21.6. The minimum Gasteiger partial charge on any atom is -0.507 e. The molecule has 38 heavy (non-hydrogen) atoms. The first-order valence-corrected chi connectivity index (χ1v) is 12.0. The molecule has 1 aliphatic heterocycles. The van der Waals surface area contributed by atoms with Gasteiger partial charge in [0.25, 0.3) is 11.7 Å². The second-order valence-corrected chi connectivity index (χ2v) is 9.17. The molecule has 1 aliphatic rings. The predicted molar refractivity (Wildman–Crippen MR) is 142 cm³/mol. The number of aliphatic hydroxyl groups excluding tert-OH is 1. The van der Waals surface area contributed by atoms with Gasteiger partial charge in [0, 0.05) is 11.3 Å². The lowest BCUT2D eigenvalue weighted by Crippen LogP contribution is -2.29. The van der Waals surface area contributed by atoms with Crippen LogP contribution in [0.25, 0.3) is 5.76 Å². The Labute approximate surface area is 221 Å². The average molecular weight is 513 g/mol. The highest BCUT2D eigenvalue weighted by Crippen LogP contribution is 2.44. The van der Waals surface area contributed by atoms with Gasteiger partial charge in [0.2, 0.25) is 0 Å². The summed E-state index contributed by atoms with van der Waals surface area (Å²) in [6, 6.07) is 19.2. The van der Waals surface area contributed by atoms with E-state index in [4.69, 9.17) is 14.2 Å². The predicted octanol–water partition coefficient (Wildman–Crippen LogP) is 5.24. The summed E-state index contributed by atoms with van der Waals surface area (Å²) in [5.74, 6) is -0.0764. The van der Waals surface area contributed by atoms with E-state index in [9.17, 15) is 20.0 Å². The Hall–Kier alpha value is -4.77. The number of Topliss-reactive ketones (excluding diaryl/α,β-unsaturated/α-hetero) is 1. The van der Waals surface area contributed by atoms with Crippen molar-refractivity contribution in [1.82, 2.24) is 0 Å². The van der Waals surface area contributed by atoms with Gasteiger partial charge in [-0.1, -0.05) is 19.9 Å². The second-order valence-electron chi connectivity index (χ2n) is 9.17. The van der Waals surface area contributed by atoms with Crippen molar-refractivity contribution in [3.8, 4) is 23.3 Å². The first-order valence-electron chi connectivity index (χ1n) is 12.0. The van der Waals surface area contributed by atoms with Gasteiger partial charge in [-0.2, -0.15) is 5.26 Å². The molecule has 194 valence electrons. The summed E-state index contributed by atoms with van der Waals surface area (Å²) < 4.78 is 16.5. The van der Waals surface area contributed by atoms with Gasteiger partial charge in [0.05, 0.1) is 44.1 Å². The van der Waals surface area contributed by atoms with Crippen LogP contribution in [-0.2, 0) is 9.59 Å². The molecule has 1 saturated heterocycles. The lowest BCUT2D eigenvalue weighted by atomic mass is 9.94. The number of ketones is 1.